The summed E-state index contributed by atoms with van der Waals surface area (Å²) in [5.74, 6) is 0.624. The van der Waals surface area contributed by atoms with E-state index in [1.165, 1.54) is 35.8 Å². The van der Waals surface area contributed by atoms with Crippen LogP contribution in [0.2, 0.25) is 0 Å². The molecule has 0 radical (unpaired) electrons. The van der Waals surface area contributed by atoms with E-state index in [2.05, 4.69) is 5.32 Å². The molecule has 2 aromatic rings. The highest BCUT2D eigenvalue weighted by molar-refractivity contribution is 7.89. The van der Waals surface area contributed by atoms with Crippen molar-refractivity contribution in [2.75, 3.05) is 12.4 Å². The molecule has 122 valence electrons. The minimum atomic E-state index is -3.70. The Bertz CT molecular complexity index is 830. The zero-order valence-electron chi connectivity index (χ0n) is 12.6. The van der Waals surface area contributed by atoms with Gasteiger partial charge in [0.15, 0.2) is 6.10 Å². The van der Waals surface area contributed by atoms with Crippen LogP contribution in [0.1, 0.15) is 12.7 Å². The predicted octanol–water partition coefficient (Wildman–Crippen LogP) is 1.82. The monoisotopic (exact) mass is 336 g/mol. The molecule has 0 fully saturated rings. The van der Waals surface area contributed by atoms with Gasteiger partial charge in [-0.3, -0.25) is 4.79 Å². The molecule has 0 spiro atoms. The maximum Gasteiger partial charge on any atom is 0.265 e. The van der Waals surface area contributed by atoms with E-state index in [9.17, 15) is 13.2 Å². The molecule has 23 heavy (non-hydrogen) atoms. The van der Waals surface area contributed by atoms with E-state index in [0.717, 1.165) is 0 Å². The summed E-state index contributed by atoms with van der Waals surface area (Å²) in [6.07, 6.45) is 0.827. The molecule has 1 aromatic carbocycles. The number of rotatable bonds is 4. The summed E-state index contributed by atoms with van der Waals surface area (Å²) < 4.78 is 37.1. The number of ether oxygens (including phenoxy) is 1. The molecule has 2 heterocycles. The highest BCUT2D eigenvalue weighted by Crippen LogP contribution is 2.32. The summed E-state index contributed by atoms with van der Waals surface area (Å²) in [7, 11) is -2.22. The van der Waals surface area contributed by atoms with Crippen LogP contribution in [0, 0.1) is 0 Å². The largest absolute Gasteiger partial charge is 0.479 e. The van der Waals surface area contributed by atoms with Crippen molar-refractivity contribution in [1.82, 2.24) is 4.31 Å². The van der Waals surface area contributed by atoms with Gasteiger partial charge in [-0.05, 0) is 31.2 Å². The first-order valence-electron chi connectivity index (χ1n) is 6.98. The van der Waals surface area contributed by atoms with Crippen molar-refractivity contribution in [2.24, 2.45) is 0 Å². The number of amides is 1. The molecule has 1 aliphatic rings. The topological polar surface area (TPSA) is 88.8 Å². The molecule has 1 amide bonds. The van der Waals surface area contributed by atoms with Crippen LogP contribution in [-0.4, -0.2) is 31.8 Å². The minimum absolute atomic E-state index is 0.0913. The summed E-state index contributed by atoms with van der Waals surface area (Å²) in [6.45, 7) is 1.73. The van der Waals surface area contributed by atoms with Crippen molar-refractivity contribution in [2.45, 2.75) is 24.5 Å². The average Bonchev–Trinajstić information content (AvgIpc) is 3.00. The lowest BCUT2D eigenvalue weighted by molar-refractivity contribution is -0.122. The average molecular weight is 336 g/mol. The maximum atomic E-state index is 12.6. The molecule has 0 aliphatic carbocycles. The number of hydrogen-bond acceptors (Lipinski definition) is 5. The lowest BCUT2D eigenvalue weighted by atomic mass is 10.2. The molecule has 8 heteroatoms. The second-order valence-electron chi connectivity index (χ2n) is 5.25. The van der Waals surface area contributed by atoms with Crippen LogP contribution in [0.15, 0.2) is 45.9 Å². The Hall–Kier alpha value is -2.32. The lowest BCUT2D eigenvalue weighted by Gasteiger charge is -2.24. The molecular weight excluding hydrogens is 320 g/mol. The Morgan fingerprint density at radius 3 is 2.78 bits per heavy atom. The summed E-state index contributed by atoms with van der Waals surface area (Å²) in [4.78, 5) is 11.6. The van der Waals surface area contributed by atoms with Crippen molar-refractivity contribution in [3.05, 3.63) is 42.4 Å². The standard InChI is InChI=1S/C15H16N2O5S/c1-10-15(18)16-13-6-5-12(8-14(13)22-10)23(19,20)17(2)9-11-4-3-7-21-11/h3-8,10H,9H2,1-2H3,(H,16,18)/t10-/m0/s1. The molecule has 0 saturated heterocycles. The first-order chi connectivity index (χ1) is 10.9. The molecule has 1 N–H and O–H groups in total. The number of hydrogen-bond donors (Lipinski definition) is 1. The Morgan fingerprint density at radius 2 is 2.09 bits per heavy atom. The first-order valence-corrected chi connectivity index (χ1v) is 8.42. The minimum Gasteiger partial charge on any atom is -0.479 e. The van der Waals surface area contributed by atoms with Gasteiger partial charge in [-0.15, -0.1) is 0 Å². The number of carbonyl (C=O) groups is 1. The molecule has 0 unspecified atom stereocenters. The van der Waals surface area contributed by atoms with Gasteiger partial charge in [-0.25, -0.2) is 8.42 Å². The fraction of sp³-hybridized carbons (Fsp3) is 0.267. The third kappa shape index (κ3) is 2.95. The van der Waals surface area contributed by atoms with E-state index in [1.807, 2.05) is 0 Å². The van der Waals surface area contributed by atoms with Gasteiger partial charge in [-0.1, -0.05) is 0 Å². The van der Waals surface area contributed by atoms with Crippen LogP contribution in [0.25, 0.3) is 0 Å². The number of fused-ring (bicyclic) bond motifs is 1. The molecule has 3 rings (SSSR count). The van der Waals surface area contributed by atoms with E-state index < -0.39 is 16.1 Å². The van der Waals surface area contributed by atoms with E-state index in [1.54, 1.807) is 19.1 Å². The lowest BCUT2D eigenvalue weighted by Crippen LogP contribution is -2.34. The van der Waals surface area contributed by atoms with Crippen LogP contribution >= 0.6 is 0 Å². The number of nitrogens with zero attached hydrogens (tertiary/aromatic N) is 1. The SMILES string of the molecule is C[C@@H]1Oc2cc(S(=O)(=O)N(C)Cc3ccco3)ccc2NC1=O. The third-order valence-electron chi connectivity index (χ3n) is 3.55. The van der Waals surface area contributed by atoms with Crippen LogP contribution < -0.4 is 10.1 Å². The summed E-state index contributed by atoms with van der Waals surface area (Å²) >= 11 is 0. The van der Waals surface area contributed by atoms with Gasteiger partial charge >= 0.3 is 0 Å². The van der Waals surface area contributed by atoms with Gasteiger partial charge in [0.1, 0.15) is 11.5 Å². The van der Waals surface area contributed by atoms with Crippen LogP contribution in [0.3, 0.4) is 0 Å². The van der Waals surface area contributed by atoms with Crippen molar-refractivity contribution in [3.8, 4) is 5.75 Å². The molecule has 0 bridgehead atoms. The summed E-state index contributed by atoms with van der Waals surface area (Å²) in [5.41, 5.74) is 0.459. The van der Waals surface area contributed by atoms with Gasteiger partial charge < -0.3 is 14.5 Å². The third-order valence-corrected chi connectivity index (χ3v) is 5.35. The van der Waals surface area contributed by atoms with Gasteiger partial charge in [0.25, 0.3) is 5.91 Å². The summed E-state index contributed by atoms with van der Waals surface area (Å²) in [5, 5.41) is 2.67. The second-order valence-corrected chi connectivity index (χ2v) is 7.29. The zero-order valence-corrected chi connectivity index (χ0v) is 13.5. The second kappa shape index (κ2) is 5.71. The quantitative estimate of drug-likeness (QED) is 0.920. The van der Waals surface area contributed by atoms with Crippen molar-refractivity contribution in [1.29, 1.82) is 0 Å². The number of carbonyl (C=O) groups excluding carboxylic acids is 1. The normalized spacial score (nSPS) is 17.5. The molecular formula is C15H16N2O5S. The molecule has 1 atom stereocenters. The van der Waals surface area contributed by atoms with E-state index in [4.69, 9.17) is 9.15 Å². The highest BCUT2D eigenvalue weighted by Gasteiger charge is 2.27. The van der Waals surface area contributed by atoms with Gasteiger partial charge in [-0.2, -0.15) is 4.31 Å². The number of anilines is 1. The van der Waals surface area contributed by atoms with Crippen LogP contribution in [-0.2, 0) is 21.4 Å². The molecule has 7 nitrogen and oxygen atoms in total. The predicted molar refractivity (Wildman–Crippen MR) is 82.5 cm³/mol. The van der Waals surface area contributed by atoms with Crippen LogP contribution in [0.5, 0.6) is 5.75 Å². The van der Waals surface area contributed by atoms with Crippen LogP contribution in [0.4, 0.5) is 5.69 Å². The molecule has 1 aromatic heterocycles. The van der Waals surface area contributed by atoms with E-state index in [-0.39, 0.29) is 17.3 Å². The molecule has 0 saturated carbocycles. The number of furan rings is 1. The Labute approximate surface area is 133 Å². The highest BCUT2D eigenvalue weighted by atomic mass is 32.2. The van der Waals surface area contributed by atoms with Crippen molar-refractivity contribution >= 4 is 21.6 Å². The first kappa shape index (κ1) is 15.6. The Balaban J connectivity index is 1.88. The number of sulfonamides is 1. The maximum absolute atomic E-state index is 12.6. The van der Waals surface area contributed by atoms with E-state index >= 15 is 0 Å². The smallest absolute Gasteiger partial charge is 0.265 e. The fourth-order valence-corrected chi connectivity index (χ4v) is 3.38. The summed E-state index contributed by atoms with van der Waals surface area (Å²) in [6, 6.07) is 7.78. The Kier molecular flexibility index (Phi) is 3.87. The Morgan fingerprint density at radius 1 is 1.30 bits per heavy atom. The molecule has 1 aliphatic heterocycles. The van der Waals surface area contributed by atoms with Gasteiger partial charge in [0, 0.05) is 13.1 Å². The van der Waals surface area contributed by atoms with Crippen molar-refractivity contribution < 1.29 is 22.4 Å². The fourth-order valence-electron chi connectivity index (χ4n) is 2.23. The number of benzene rings is 1. The van der Waals surface area contributed by atoms with Gasteiger partial charge in [0.05, 0.1) is 23.4 Å². The van der Waals surface area contributed by atoms with Gasteiger partial charge in [0.2, 0.25) is 10.0 Å². The van der Waals surface area contributed by atoms with E-state index in [0.29, 0.717) is 17.2 Å². The number of nitrogens with one attached hydrogen (secondary N) is 1. The zero-order chi connectivity index (χ0) is 16.6. The van der Waals surface area contributed by atoms with Crippen molar-refractivity contribution in [3.63, 3.8) is 0 Å².